The number of nitrogens with zero attached hydrogens (tertiary/aromatic N) is 2. The molecule has 0 unspecified atom stereocenters. The topological polar surface area (TPSA) is 82.5 Å². The third kappa shape index (κ3) is 4.48. The molecule has 1 aliphatic rings. The molecule has 1 saturated carbocycles. The first-order valence-corrected chi connectivity index (χ1v) is 9.26. The summed E-state index contributed by atoms with van der Waals surface area (Å²) in [6.45, 7) is 0. The Morgan fingerprint density at radius 2 is 1.74 bits per heavy atom. The van der Waals surface area contributed by atoms with E-state index in [1.807, 2.05) is 0 Å². The Morgan fingerprint density at radius 1 is 1.07 bits per heavy atom. The highest BCUT2D eigenvalue weighted by molar-refractivity contribution is 5.92. The van der Waals surface area contributed by atoms with Crippen molar-refractivity contribution in [1.82, 2.24) is 15.1 Å². The van der Waals surface area contributed by atoms with Crippen molar-refractivity contribution in [2.45, 2.75) is 44.6 Å². The van der Waals surface area contributed by atoms with Crippen LogP contribution in [-0.4, -0.2) is 35.9 Å². The number of carbonyl (C=O) groups excluding carboxylic acids is 1. The molecule has 1 amide bonds. The third-order valence-corrected chi connectivity index (χ3v) is 4.83. The fraction of sp³-hybridized carbons (Fsp3) is 0.450. The SMILES string of the molecule is COc1ccc(-n2nc(C(=O)NC3CCCCCC3)c(=O)cc2OC)cc1. The largest absolute Gasteiger partial charge is 0.497 e. The number of aromatic nitrogens is 2. The molecule has 0 radical (unpaired) electrons. The monoisotopic (exact) mass is 371 g/mol. The minimum Gasteiger partial charge on any atom is -0.497 e. The maximum Gasteiger partial charge on any atom is 0.276 e. The summed E-state index contributed by atoms with van der Waals surface area (Å²) >= 11 is 0. The number of nitrogens with one attached hydrogen (secondary N) is 1. The molecule has 1 aliphatic carbocycles. The molecular formula is C20H25N3O4. The molecule has 7 nitrogen and oxygen atoms in total. The maximum absolute atomic E-state index is 12.7. The van der Waals surface area contributed by atoms with Crippen molar-refractivity contribution in [2.24, 2.45) is 0 Å². The van der Waals surface area contributed by atoms with E-state index in [1.165, 1.54) is 30.7 Å². The van der Waals surface area contributed by atoms with E-state index >= 15 is 0 Å². The quantitative estimate of drug-likeness (QED) is 0.817. The second-order valence-electron chi connectivity index (χ2n) is 6.67. The van der Waals surface area contributed by atoms with Crippen molar-refractivity contribution in [3.05, 3.63) is 46.2 Å². The van der Waals surface area contributed by atoms with Crippen molar-refractivity contribution in [2.75, 3.05) is 14.2 Å². The Morgan fingerprint density at radius 3 is 2.33 bits per heavy atom. The van der Waals surface area contributed by atoms with Crippen LogP contribution >= 0.6 is 0 Å². The number of hydrogen-bond donors (Lipinski definition) is 1. The van der Waals surface area contributed by atoms with Crippen LogP contribution in [0.5, 0.6) is 11.6 Å². The summed E-state index contributed by atoms with van der Waals surface area (Å²) < 4.78 is 11.9. The fourth-order valence-electron chi connectivity index (χ4n) is 3.33. The molecule has 3 rings (SSSR count). The summed E-state index contributed by atoms with van der Waals surface area (Å²) in [5, 5.41) is 7.26. The van der Waals surface area contributed by atoms with Crippen molar-refractivity contribution in [3.63, 3.8) is 0 Å². The second-order valence-corrected chi connectivity index (χ2v) is 6.67. The fourth-order valence-corrected chi connectivity index (χ4v) is 3.33. The van der Waals surface area contributed by atoms with Gasteiger partial charge in [-0.2, -0.15) is 5.10 Å². The lowest BCUT2D eigenvalue weighted by Gasteiger charge is -2.17. The van der Waals surface area contributed by atoms with Crippen molar-refractivity contribution < 1.29 is 14.3 Å². The Hall–Kier alpha value is -2.83. The number of rotatable bonds is 5. The van der Waals surface area contributed by atoms with E-state index in [4.69, 9.17) is 9.47 Å². The smallest absolute Gasteiger partial charge is 0.276 e. The lowest BCUT2D eigenvalue weighted by atomic mass is 10.1. The van der Waals surface area contributed by atoms with E-state index in [2.05, 4.69) is 10.4 Å². The molecule has 1 heterocycles. The minimum atomic E-state index is -0.456. The van der Waals surface area contributed by atoms with Gasteiger partial charge in [0, 0.05) is 6.04 Å². The van der Waals surface area contributed by atoms with E-state index in [-0.39, 0.29) is 17.6 Å². The predicted molar refractivity (Wildman–Crippen MR) is 102 cm³/mol. The highest BCUT2D eigenvalue weighted by atomic mass is 16.5. The van der Waals surface area contributed by atoms with Gasteiger partial charge in [0.05, 0.1) is 26.0 Å². The molecule has 1 N–H and O–H groups in total. The van der Waals surface area contributed by atoms with Gasteiger partial charge in [-0.15, -0.1) is 0 Å². The zero-order valence-electron chi connectivity index (χ0n) is 15.7. The number of hydrogen-bond acceptors (Lipinski definition) is 5. The van der Waals surface area contributed by atoms with E-state index in [0.717, 1.165) is 25.7 Å². The van der Waals surface area contributed by atoms with Gasteiger partial charge in [0.1, 0.15) is 5.75 Å². The van der Waals surface area contributed by atoms with Gasteiger partial charge in [-0.1, -0.05) is 25.7 Å². The van der Waals surface area contributed by atoms with Crippen molar-refractivity contribution >= 4 is 5.91 Å². The van der Waals surface area contributed by atoms with Gasteiger partial charge >= 0.3 is 0 Å². The van der Waals surface area contributed by atoms with Crippen LogP contribution in [0.25, 0.3) is 5.69 Å². The van der Waals surface area contributed by atoms with Crippen LogP contribution in [0.4, 0.5) is 0 Å². The van der Waals surface area contributed by atoms with E-state index in [1.54, 1.807) is 31.4 Å². The number of benzene rings is 1. The van der Waals surface area contributed by atoms with Crippen LogP contribution in [0.15, 0.2) is 35.1 Å². The second kappa shape index (κ2) is 8.70. The molecule has 0 bridgehead atoms. The number of methoxy groups -OCH3 is 2. The van der Waals surface area contributed by atoms with Crippen LogP contribution in [0.3, 0.4) is 0 Å². The molecule has 1 aromatic heterocycles. The number of carbonyl (C=O) groups is 1. The lowest BCUT2D eigenvalue weighted by molar-refractivity contribution is 0.0925. The Balaban J connectivity index is 1.90. The highest BCUT2D eigenvalue weighted by Crippen LogP contribution is 2.19. The van der Waals surface area contributed by atoms with E-state index in [0.29, 0.717) is 11.4 Å². The van der Waals surface area contributed by atoms with Crippen LogP contribution in [-0.2, 0) is 0 Å². The van der Waals surface area contributed by atoms with E-state index in [9.17, 15) is 9.59 Å². The average Bonchev–Trinajstić information content (AvgIpc) is 2.96. The first kappa shape index (κ1) is 18.9. The number of ether oxygens (including phenoxy) is 2. The predicted octanol–water partition coefficient (Wildman–Crippen LogP) is 2.70. The molecule has 144 valence electrons. The highest BCUT2D eigenvalue weighted by Gasteiger charge is 2.21. The number of amides is 1. The Labute approximate surface area is 158 Å². The molecule has 1 aromatic carbocycles. The van der Waals surface area contributed by atoms with Crippen LogP contribution < -0.4 is 20.2 Å². The minimum absolute atomic E-state index is 0.0951. The summed E-state index contributed by atoms with van der Waals surface area (Å²) in [6, 6.07) is 8.51. The first-order chi connectivity index (χ1) is 13.1. The molecule has 2 aromatic rings. The average molecular weight is 371 g/mol. The molecule has 27 heavy (non-hydrogen) atoms. The molecule has 7 heteroatoms. The first-order valence-electron chi connectivity index (χ1n) is 9.26. The van der Waals surface area contributed by atoms with Gasteiger partial charge in [-0.05, 0) is 37.1 Å². The van der Waals surface area contributed by atoms with Crippen LogP contribution in [0, 0.1) is 0 Å². The Kier molecular flexibility index (Phi) is 6.11. The standard InChI is InChI=1S/C20H25N3O4/c1-26-16-11-9-15(10-12-16)23-18(27-2)13-17(24)19(22-23)20(25)21-14-7-5-3-4-6-8-14/h9-14H,3-8H2,1-2H3,(H,21,25). The van der Waals surface area contributed by atoms with Gasteiger partial charge in [0.25, 0.3) is 5.91 Å². The van der Waals surface area contributed by atoms with Gasteiger partial charge < -0.3 is 14.8 Å². The zero-order valence-corrected chi connectivity index (χ0v) is 15.7. The summed E-state index contributed by atoms with van der Waals surface area (Å²) in [7, 11) is 3.05. The molecule has 1 fully saturated rings. The van der Waals surface area contributed by atoms with Crippen molar-refractivity contribution in [3.8, 4) is 17.3 Å². The Bertz CT molecular complexity index is 837. The molecule has 0 aliphatic heterocycles. The van der Waals surface area contributed by atoms with E-state index < -0.39 is 11.3 Å². The molecule has 0 atom stereocenters. The van der Waals surface area contributed by atoms with Gasteiger partial charge in [-0.25, -0.2) is 4.68 Å². The maximum atomic E-state index is 12.7. The third-order valence-electron chi connectivity index (χ3n) is 4.83. The summed E-state index contributed by atoms with van der Waals surface area (Å²) in [4.78, 5) is 25.1. The van der Waals surface area contributed by atoms with Gasteiger partial charge in [0.2, 0.25) is 11.3 Å². The zero-order chi connectivity index (χ0) is 19.2. The van der Waals surface area contributed by atoms with Crippen LogP contribution in [0.1, 0.15) is 49.0 Å². The van der Waals surface area contributed by atoms with Crippen LogP contribution in [0.2, 0.25) is 0 Å². The normalized spacial score (nSPS) is 15.0. The lowest BCUT2D eigenvalue weighted by Crippen LogP contribution is -2.38. The van der Waals surface area contributed by atoms with Crippen molar-refractivity contribution in [1.29, 1.82) is 0 Å². The summed E-state index contributed by atoms with van der Waals surface area (Å²) in [5.74, 6) is 0.526. The summed E-state index contributed by atoms with van der Waals surface area (Å²) in [5.41, 5.74) is 0.0785. The summed E-state index contributed by atoms with van der Waals surface area (Å²) in [6.07, 6.45) is 6.45. The molecule has 0 saturated heterocycles. The van der Waals surface area contributed by atoms with Gasteiger partial charge in [-0.3, -0.25) is 9.59 Å². The molecular weight excluding hydrogens is 346 g/mol. The molecule has 0 spiro atoms. The van der Waals surface area contributed by atoms with Gasteiger partial charge in [0.15, 0.2) is 5.69 Å².